The van der Waals surface area contributed by atoms with Gasteiger partial charge in [-0.1, -0.05) is 35.9 Å². The van der Waals surface area contributed by atoms with Gasteiger partial charge >= 0.3 is 12.3 Å². The minimum absolute atomic E-state index is 0.0143. The molecular formula is C90H90ClF3N8O16S5. The van der Waals surface area contributed by atoms with Crippen molar-refractivity contribution in [2.75, 3.05) is 123 Å². The maximum atomic E-state index is 13.0. The molecule has 5 aliphatic rings. The number of morpholine rings is 1. The number of fused-ring (bicyclic) bond motifs is 5. The van der Waals surface area contributed by atoms with Crippen molar-refractivity contribution in [1.82, 2.24) is 9.88 Å². The van der Waals surface area contributed by atoms with Crippen LogP contribution in [0, 0.1) is 0 Å². The van der Waals surface area contributed by atoms with Gasteiger partial charge in [0.1, 0.15) is 40.6 Å². The fourth-order valence-electron chi connectivity index (χ4n) is 15.2. The fourth-order valence-corrected chi connectivity index (χ4v) is 19.9. The van der Waals surface area contributed by atoms with E-state index < -0.39 is 23.4 Å². The van der Waals surface area contributed by atoms with Crippen LogP contribution in [-0.2, 0) is 15.7 Å². The highest BCUT2D eigenvalue weighted by Gasteiger charge is 2.32. The lowest BCUT2D eigenvalue weighted by Crippen LogP contribution is -2.36. The lowest BCUT2D eigenvalue weighted by Gasteiger charge is -2.27. The van der Waals surface area contributed by atoms with Crippen molar-refractivity contribution < 1.29 is 64.2 Å². The molecule has 3 aromatic carbocycles. The Balaban J connectivity index is 0.000000120. The lowest BCUT2D eigenvalue weighted by atomic mass is 10.0. The summed E-state index contributed by atoms with van der Waals surface area (Å²) in [5.74, 6) is 3.32. The van der Waals surface area contributed by atoms with Crippen LogP contribution in [-0.4, -0.2) is 120 Å². The summed E-state index contributed by atoms with van der Waals surface area (Å²) in [6, 6.07) is 27.0. The Morgan fingerprint density at radius 2 is 0.854 bits per heavy atom. The molecule has 5 fully saturated rings. The van der Waals surface area contributed by atoms with Crippen molar-refractivity contribution in [3.63, 3.8) is 0 Å². The summed E-state index contributed by atoms with van der Waals surface area (Å²) >= 11 is 12.6. The van der Waals surface area contributed by atoms with E-state index in [0.717, 1.165) is 144 Å². The number of thiophene rings is 5. The van der Waals surface area contributed by atoms with Crippen molar-refractivity contribution in [3.8, 4) is 56.1 Å². The van der Waals surface area contributed by atoms with Crippen molar-refractivity contribution in [1.29, 1.82) is 0 Å². The maximum absolute atomic E-state index is 13.0. The molecule has 14 aromatic rings. The minimum Gasteiger partial charge on any atom is -0.506 e. The van der Waals surface area contributed by atoms with E-state index in [1.165, 1.54) is 105 Å². The number of hydrogen-bond acceptors (Lipinski definition) is 27. The molecule has 0 aliphatic carbocycles. The molecule has 11 aromatic heterocycles. The van der Waals surface area contributed by atoms with Crippen molar-refractivity contribution in [2.24, 2.45) is 0 Å². The molecule has 24 nitrogen and oxygen atoms in total. The number of carbonyl (C=O) groups is 2. The normalized spacial score (nSPS) is 15.2. The maximum Gasteiger partial charge on any atom is 0.418 e. The number of piperidine rings is 4. The monoisotopic (exact) mass is 1790 g/mol. The summed E-state index contributed by atoms with van der Waals surface area (Å²) in [6.07, 6.45) is 10.6. The minimum atomic E-state index is -4.43. The summed E-state index contributed by atoms with van der Waals surface area (Å²) in [7, 11) is 3.16. The summed E-state index contributed by atoms with van der Waals surface area (Å²) in [6.45, 7) is 15.0. The first kappa shape index (κ1) is 86.8. The largest absolute Gasteiger partial charge is 0.506 e. The molecule has 4 N–H and O–H groups in total. The molecule has 0 spiro atoms. The average molecular weight is 1790 g/mol. The van der Waals surface area contributed by atoms with Crippen LogP contribution in [0.3, 0.4) is 0 Å². The third-order valence-corrected chi connectivity index (χ3v) is 26.7. The van der Waals surface area contributed by atoms with Crippen LogP contribution in [0.15, 0.2) is 182 Å². The van der Waals surface area contributed by atoms with Gasteiger partial charge in [-0.3, -0.25) is 33.3 Å². The third-order valence-electron chi connectivity index (χ3n) is 21.5. The lowest BCUT2D eigenvalue weighted by molar-refractivity contribution is -0.137. The second kappa shape index (κ2) is 37.9. The topological polar surface area (TPSA) is 292 Å². The highest BCUT2D eigenvalue weighted by atomic mass is 35.5. The number of carbonyl (C=O) groups excluding carboxylic acids is 2. The van der Waals surface area contributed by atoms with Gasteiger partial charge in [0.05, 0.1) is 53.4 Å². The molecule has 33 heteroatoms. The SMILES string of the molecule is CC(C)(C)OC(=O)n1cccc1-c1csc2c(=O)cc(N3CCCCC3)oc12.CNC(=O)c1csc2c(=O)cc(N3CCCCC3)oc12.COc1cc(-c2csc3c(=O)cc(N4CCCCC4)oc23)ccc1N.O=c1cc(N2CCCCC2)oc2c(-c3ccc(O)c(Cl)c3)csc12.O=c1cc(N2CCOCC2)oc2c(-c3cccc(C(F)(F)F)c3)csc12. The summed E-state index contributed by atoms with van der Waals surface area (Å²) in [5.41, 5.74) is 13.5. The third kappa shape index (κ3) is 19.6. The molecule has 0 bridgehead atoms. The van der Waals surface area contributed by atoms with E-state index in [1.54, 1.807) is 79.6 Å². The van der Waals surface area contributed by atoms with Crippen LogP contribution >= 0.6 is 68.3 Å². The highest BCUT2D eigenvalue weighted by molar-refractivity contribution is 7.19. The van der Waals surface area contributed by atoms with Gasteiger partial charge in [-0.2, -0.15) is 13.2 Å². The van der Waals surface area contributed by atoms with Crippen LogP contribution in [0.25, 0.3) is 96.1 Å². The number of nitrogens with two attached hydrogens (primary N) is 1. The molecule has 123 heavy (non-hydrogen) atoms. The Morgan fingerprint density at radius 3 is 1.27 bits per heavy atom. The molecule has 0 atom stereocenters. The number of anilines is 6. The first-order valence-corrected chi connectivity index (χ1v) is 45.4. The summed E-state index contributed by atoms with van der Waals surface area (Å²) < 4.78 is 89.6. The van der Waals surface area contributed by atoms with Gasteiger partial charge in [0.2, 0.25) is 27.1 Å². The molecule has 19 rings (SSSR count). The van der Waals surface area contributed by atoms with Gasteiger partial charge < -0.3 is 77.0 Å². The van der Waals surface area contributed by atoms with Crippen LogP contribution in [0.5, 0.6) is 11.5 Å². The molecule has 0 radical (unpaired) electrons. The zero-order chi connectivity index (χ0) is 86.4. The quantitative estimate of drug-likeness (QED) is 0.101. The molecular weight excluding hydrogens is 1700 g/mol. The molecule has 0 unspecified atom stereocenters. The Morgan fingerprint density at radius 1 is 0.472 bits per heavy atom. The molecule has 1 amide bonds. The van der Waals surface area contributed by atoms with Crippen LogP contribution in [0.4, 0.5) is 53.1 Å². The van der Waals surface area contributed by atoms with Gasteiger partial charge in [-0.25, -0.2) is 4.79 Å². The van der Waals surface area contributed by atoms with Crippen molar-refractivity contribution in [3.05, 3.63) is 203 Å². The number of aromatic nitrogens is 1. The molecule has 0 saturated carbocycles. The van der Waals surface area contributed by atoms with E-state index in [4.69, 9.17) is 53.6 Å². The Kier molecular flexibility index (Phi) is 26.8. The number of ether oxygens (including phenoxy) is 3. The number of methoxy groups -OCH3 is 1. The Bertz CT molecular complexity index is 6490. The molecule has 5 saturated heterocycles. The van der Waals surface area contributed by atoms with E-state index >= 15 is 0 Å². The van der Waals surface area contributed by atoms with Gasteiger partial charge in [0.15, 0.2) is 57.3 Å². The molecule has 644 valence electrons. The smallest absolute Gasteiger partial charge is 0.418 e. The van der Waals surface area contributed by atoms with E-state index in [-0.39, 0.29) is 43.8 Å². The standard InChI is InChI=1S/C21H24N2O4S.C19H20N2O3S.C18H16ClNO3S.C18H14F3NO3S.C14H16N2O3S/c1-21(2,3)27-20(25)23-11-7-8-15(23)14-13-28-19-16(24)12-17(26-18(14)19)22-9-5-4-6-10-22;1-23-16-9-12(5-6-14(16)20)13-11-25-19-15(22)10-17(24-18(13)19)21-7-3-2-4-8-21;19-13-8-11(4-5-14(13)21)12-10-24-18-15(22)9-16(23-17(12)18)20-6-2-1-3-7-20;19-18(20,21)12-3-1-2-11(8-12)13-10-26-17-14(23)9-15(25-16(13)17)22-4-6-24-7-5-22;1-15-14(18)9-8-20-13-10(17)7-11(19-12(9)13)16-5-3-2-4-6-16/h7-8,11-13H,4-6,9-10H2,1-3H3;5-6,9-11H,2-4,7-8,20H2,1H3;4-5,8-10,21H,1-3,6-7H2;1-3,8-10H,4-7H2;7-8H,2-6H2,1H3,(H,15,18). The van der Waals surface area contributed by atoms with Crippen LogP contribution < -0.4 is 67.4 Å². The number of benzene rings is 3. The second-order valence-electron chi connectivity index (χ2n) is 31.1. The predicted octanol–water partition coefficient (Wildman–Crippen LogP) is 20.7. The average Bonchev–Trinajstić information content (AvgIpc) is 1.66. The zero-order valence-electron chi connectivity index (χ0n) is 68.1. The first-order valence-electron chi connectivity index (χ1n) is 40.6. The number of amides is 1. The number of alkyl halides is 3. The highest BCUT2D eigenvalue weighted by Crippen LogP contribution is 2.43. The Hall–Kier alpha value is -11.1. The van der Waals surface area contributed by atoms with Crippen LogP contribution in [0.2, 0.25) is 5.02 Å². The van der Waals surface area contributed by atoms with Crippen molar-refractivity contribution in [2.45, 2.75) is 110 Å². The van der Waals surface area contributed by atoms with Gasteiger partial charge in [0.25, 0.3) is 5.91 Å². The molecule has 16 heterocycles. The number of aromatic hydroxyl groups is 1. The molecule has 5 aliphatic heterocycles. The summed E-state index contributed by atoms with van der Waals surface area (Å²) in [4.78, 5) is 97.1. The van der Waals surface area contributed by atoms with Crippen LogP contribution in [0.1, 0.15) is 114 Å². The number of nitrogen functional groups attached to an aromatic ring is 1. The zero-order valence-corrected chi connectivity index (χ0v) is 73.0. The van der Waals surface area contributed by atoms with E-state index in [9.17, 15) is 51.8 Å². The number of hydrogen-bond donors (Lipinski definition) is 3. The number of phenols is 1. The number of phenolic OH excluding ortho intramolecular Hbond substituents is 1. The number of rotatable bonds is 11. The van der Waals surface area contributed by atoms with E-state index in [2.05, 4.69) is 24.9 Å². The number of nitrogens with zero attached hydrogens (tertiary/aromatic N) is 6. The van der Waals surface area contributed by atoms with E-state index in [0.29, 0.717) is 141 Å². The predicted molar refractivity (Wildman–Crippen MR) is 486 cm³/mol. The van der Waals surface area contributed by atoms with Crippen molar-refractivity contribution >= 4 is 167 Å². The van der Waals surface area contributed by atoms with Gasteiger partial charge in [-0.05, 0) is 163 Å². The second-order valence-corrected chi connectivity index (χ2v) is 35.9. The first-order chi connectivity index (χ1) is 59.3. The van der Waals surface area contributed by atoms with Gasteiger partial charge in [-0.15, -0.1) is 56.7 Å². The fraction of sp³-hybridized carbons (Fsp3) is 0.344. The van der Waals surface area contributed by atoms with E-state index in [1.807, 2.05) is 66.1 Å². The number of nitrogens with one attached hydrogen (secondary N) is 1. The Labute approximate surface area is 728 Å². The summed E-state index contributed by atoms with van der Waals surface area (Å²) in [5, 5.41) is 21.5. The van der Waals surface area contributed by atoms with Gasteiger partial charge in [0, 0.05) is 153 Å². The number of halogens is 4.